The summed E-state index contributed by atoms with van der Waals surface area (Å²) in [5.41, 5.74) is 1.54. The maximum absolute atomic E-state index is 11.2. The van der Waals surface area contributed by atoms with Gasteiger partial charge in [0.05, 0.1) is 12.9 Å². The molecule has 2 aromatic rings. The highest BCUT2D eigenvalue weighted by molar-refractivity contribution is 5.81. The number of nitrogens with two attached hydrogens (primary N) is 1. The first kappa shape index (κ1) is 17.0. The normalized spacial score (nSPS) is 39.6. The molecular formula is C15H23N5O4. The molecule has 0 radical (unpaired) electrons. The van der Waals surface area contributed by atoms with E-state index in [0.717, 1.165) is 0 Å². The van der Waals surface area contributed by atoms with E-state index in [1.807, 2.05) is 0 Å². The molecule has 0 amide bonds. The average molecular weight is 337 g/mol. The van der Waals surface area contributed by atoms with Gasteiger partial charge in [-0.2, -0.15) is 0 Å². The van der Waals surface area contributed by atoms with E-state index in [1.54, 1.807) is 32.3 Å². The number of aromatic nitrogens is 4. The average Bonchev–Trinajstić information content (AvgIpc) is 3.03. The number of aliphatic hydroxyl groups is 2. The van der Waals surface area contributed by atoms with Crippen LogP contribution < -0.4 is 5.73 Å². The minimum Gasteiger partial charge on any atom is -0.393 e. The lowest BCUT2D eigenvalue weighted by Gasteiger charge is -2.45. The molecule has 3 rings (SSSR count). The zero-order valence-corrected chi connectivity index (χ0v) is 14.4. The smallest absolute Gasteiger partial charge is 0.177 e. The minimum atomic E-state index is -1.51. The van der Waals surface area contributed by atoms with E-state index >= 15 is 0 Å². The Hall–Kier alpha value is -1.81. The van der Waals surface area contributed by atoms with E-state index in [0.29, 0.717) is 11.2 Å². The van der Waals surface area contributed by atoms with E-state index in [2.05, 4.69) is 15.0 Å². The highest BCUT2D eigenvalue weighted by Crippen LogP contribution is 2.56. The standard InChI is InChI=1S/C15H23N5O4/c1-12(6-21)13(2,22)14(3,23-5)15(4,24-12)20-8-19-9-10(16)17-7-18-11(9)20/h7-8,21-22H,6H2,1-5H3,(H2,16,17,18)/t12-,13?,14?,15-/m1/s1. The molecular weight excluding hydrogens is 314 g/mol. The van der Waals surface area contributed by atoms with Crippen molar-refractivity contribution in [2.24, 2.45) is 0 Å². The van der Waals surface area contributed by atoms with Crippen LogP contribution in [0.25, 0.3) is 11.2 Å². The Bertz CT molecular complexity index is 793. The SMILES string of the molecule is COC1(C)C(C)(O)[C@@](C)(CO)O[C@@]1(C)n1cnc2c(N)ncnc21. The molecule has 0 aliphatic carbocycles. The van der Waals surface area contributed by atoms with Gasteiger partial charge in [-0.25, -0.2) is 15.0 Å². The van der Waals surface area contributed by atoms with Gasteiger partial charge in [0.25, 0.3) is 0 Å². The highest BCUT2D eigenvalue weighted by Gasteiger charge is 2.73. The van der Waals surface area contributed by atoms with Gasteiger partial charge < -0.3 is 25.4 Å². The maximum atomic E-state index is 11.2. The largest absolute Gasteiger partial charge is 0.393 e. The summed E-state index contributed by atoms with van der Waals surface area (Å²) in [6.07, 6.45) is 2.86. The second-order valence-corrected chi connectivity index (χ2v) is 6.83. The number of fused-ring (bicyclic) bond motifs is 1. The number of nitrogen functional groups attached to an aromatic ring is 1. The summed E-state index contributed by atoms with van der Waals surface area (Å²) in [6.45, 7) is 6.31. The Morgan fingerprint density at radius 2 is 1.92 bits per heavy atom. The molecule has 132 valence electrons. The van der Waals surface area contributed by atoms with Crippen molar-refractivity contribution in [1.82, 2.24) is 19.5 Å². The lowest BCUT2D eigenvalue weighted by molar-refractivity contribution is -0.204. The monoisotopic (exact) mass is 337 g/mol. The van der Waals surface area contributed by atoms with Crippen molar-refractivity contribution in [1.29, 1.82) is 0 Å². The summed E-state index contributed by atoms with van der Waals surface area (Å²) in [4.78, 5) is 12.4. The second-order valence-electron chi connectivity index (χ2n) is 6.83. The quantitative estimate of drug-likeness (QED) is 0.715. The molecule has 0 spiro atoms. The fraction of sp³-hybridized carbons (Fsp3) is 0.667. The first-order valence-electron chi connectivity index (χ1n) is 7.60. The predicted octanol–water partition coefficient (Wildman–Crippen LogP) is 0.0185. The van der Waals surface area contributed by atoms with Crippen LogP contribution in [-0.2, 0) is 15.2 Å². The third-order valence-electron chi connectivity index (χ3n) is 5.80. The third-order valence-corrected chi connectivity index (χ3v) is 5.80. The zero-order valence-electron chi connectivity index (χ0n) is 14.4. The van der Waals surface area contributed by atoms with Crippen LogP contribution in [0.1, 0.15) is 27.7 Å². The molecule has 4 atom stereocenters. The highest BCUT2D eigenvalue weighted by atomic mass is 16.6. The fourth-order valence-corrected chi connectivity index (χ4v) is 3.61. The summed E-state index contributed by atoms with van der Waals surface area (Å²) in [6, 6.07) is 0. The second kappa shape index (κ2) is 4.85. The summed E-state index contributed by atoms with van der Waals surface area (Å²) in [7, 11) is 1.49. The first-order valence-corrected chi connectivity index (χ1v) is 7.60. The van der Waals surface area contributed by atoms with Crippen molar-refractivity contribution in [3.8, 4) is 0 Å². The fourth-order valence-electron chi connectivity index (χ4n) is 3.61. The summed E-state index contributed by atoms with van der Waals surface area (Å²) in [5, 5.41) is 21.1. The van der Waals surface area contributed by atoms with Gasteiger partial charge in [-0.15, -0.1) is 0 Å². The van der Waals surface area contributed by atoms with Crippen LogP contribution in [0.2, 0.25) is 0 Å². The summed E-state index contributed by atoms with van der Waals surface area (Å²) in [5.74, 6) is 0.246. The van der Waals surface area contributed by atoms with Crippen molar-refractivity contribution >= 4 is 17.0 Å². The molecule has 1 fully saturated rings. The van der Waals surface area contributed by atoms with E-state index < -0.39 is 29.1 Å². The Morgan fingerprint density at radius 1 is 1.25 bits per heavy atom. The minimum absolute atomic E-state index is 0.246. The van der Waals surface area contributed by atoms with Crippen LogP contribution in [-0.4, -0.2) is 60.3 Å². The van der Waals surface area contributed by atoms with Gasteiger partial charge in [0.2, 0.25) is 0 Å². The van der Waals surface area contributed by atoms with Crippen LogP contribution in [0.4, 0.5) is 5.82 Å². The number of imidazole rings is 1. The number of rotatable bonds is 3. The molecule has 9 heteroatoms. The summed E-state index contributed by atoms with van der Waals surface area (Å²) >= 11 is 0. The molecule has 0 saturated carbocycles. The molecule has 2 unspecified atom stereocenters. The molecule has 4 N–H and O–H groups in total. The molecule has 9 nitrogen and oxygen atoms in total. The molecule has 1 saturated heterocycles. The molecule has 0 bridgehead atoms. The van der Waals surface area contributed by atoms with Crippen molar-refractivity contribution in [2.75, 3.05) is 19.5 Å². The van der Waals surface area contributed by atoms with Gasteiger partial charge in [0.1, 0.15) is 28.6 Å². The van der Waals surface area contributed by atoms with Gasteiger partial charge in [-0.1, -0.05) is 0 Å². The van der Waals surface area contributed by atoms with Crippen LogP contribution in [0.15, 0.2) is 12.7 Å². The number of hydrogen-bond donors (Lipinski definition) is 3. The number of nitrogens with zero attached hydrogens (tertiary/aromatic N) is 4. The van der Waals surface area contributed by atoms with E-state index in [9.17, 15) is 10.2 Å². The number of anilines is 1. The molecule has 1 aliphatic rings. The Balaban J connectivity index is 2.30. The van der Waals surface area contributed by atoms with Gasteiger partial charge >= 0.3 is 0 Å². The number of ether oxygens (including phenoxy) is 2. The Kier molecular flexibility index (Phi) is 3.44. The number of methoxy groups -OCH3 is 1. The maximum Gasteiger partial charge on any atom is 0.177 e. The van der Waals surface area contributed by atoms with Gasteiger partial charge in [0.15, 0.2) is 17.2 Å². The van der Waals surface area contributed by atoms with Crippen LogP contribution in [0, 0.1) is 0 Å². The third kappa shape index (κ3) is 1.70. The molecule has 2 aromatic heterocycles. The van der Waals surface area contributed by atoms with Gasteiger partial charge in [0, 0.05) is 7.11 Å². The van der Waals surface area contributed by atoms with Crippen molar-refractivity contribution in [3.05, 3.63) is 12.7 Å². The van der Waals surface area contributed by atoms with E-state index in [4.69, 9.17) is 15.2 Å². The van der Waals surface area contributed by atoms with Crippen LogP contribution >= 0.6 is 0 Å². The lowest BCUT2D eigenvalue weighted by atomic mass is 9.73. The van der Waals surface area contributed by atoms with Crippen LogP contribution in [0.3, 0.4) is 0 Å². The van der Waals surface area contributed by atoms with E-state index in [-0.39, 0.29) is 5.82 Å². The Labute approximate surface area is 139 Å². The van der Waals surface area contributed by atoms with Crippen molar-refractivity contribution in [2.45, 2.75) is 50.2 Å². The first-order chi connectivity index (χ1) is 11.1. The number of aliphatic hydroxyl groups excluding tert-OH is 1. The number of hydrogen-bond acceptors (Lipinski definition) is 8. The molecule has 0 aromatic carbocycles. The van der Waals surface area contributed by atoms with Crippen molar-refractivity contribution < 1.29 is 19.7 Å². The van der Waals surface area contributed by atoms with E-state index in [1.165, 1.54) is 19.8 Å². The van der Waals surface area contributed by atoms with Crippen molar-refractivity contribution in [3.63, 3.8) is 0 Å². The lowest BCUT2D eigenvalue weighted by Crippen LogP contribution is -2.64. The van der Waals surface area contributed by atoms with Gasteiger partial charge in [-0.3, -0.25) is 4.57 Å². The van der Waals surface area contributed by atoms with Crippen LogP contribution in [0.5, 0.6) is 0 Å². The molecule has 3 heterocycles. The Morgan fingerprint density at radius 3 is 2.50 bits per heavy atom. The topological polar surface area (TPSA) is 129 Å². The molecule has 1 aliphatic heterocycles. The zero-order chi connectivity index (χ0) is 18.0. The summed E-state index contributed by atoms with van der Waals surface area (Å²) < 4.78 is 13.6. The van der Waals surface area contributed by atoms with Gasteiger partial charge in [-0.05, 0) is 27.7 Å². The predicted molar refractivity (Wildman–Crippen MR) is 86.0 cm³/mol. The molecule has 24 heavy (non-hydrogen) atoms.